The van der Waals surface area contributed by atoms with Gasteiger partial charge in [-0.05, 0) is 56.4 Å². The Hall–Kier alpha value is -0.970. The van der Waals surface area contributed by atoms with Gasteiger partial charge in [-0.1, -0.05) is 54.1 Å². The van der Waals surface area contributed by atoms with Crippen LogP contribution in [-0.4, -0.2) is 17.8 Å². The molecule has 0 amide bonds. The monoisotopic (exact) mass is 397 g/mol. The molecule has 1 aliphatic rings. The van der Waals surface area contributed by atoms with E-state index in [0.717, 1.165) is 17.3 Å². The van der Waals surface area contributed by atoms with Crippen molar-refractivity contribution in [3.63, 3.8) is 0 Å². The molecular weight excluding hydrogens is 369 g/mol. The molecule has 0 saturated heterocycles. The number of halogens is 2. The van der Waals surface area contributed by atoms with Gasteiger partial charge in [-0.25, -0.2) is 4.39 Å². The van der Waals surface area contributed by atoms with Gasteiger partial charge in [0.25, 0.3) is 0 Å². The smallest absolute Gasteiger partial charge is 0.0971 e. The van der Waals surface area contributed by atoms with E-state index in [1.165, 1.54) is 18.6 Å². The Morgan fingerprint density at radius 1 is 1.46 bits per heavy atom. The van der Waals surface area contributed by atoms with Crippen LogP contribution in [0.4, 0.5) is 4.39 Å². The number of nitrogens with one attached hydrogen (secondary N) is 1. The van der Waals surface area contributed by atoms with Crippen molar-refractivity contribution in [2.45, 2.75) is 58.1 Å². The standard InChI is InChI=1S/C18H23BrFNO.C2H6/c1-13(10-14(2)20)6-7-17(22)12-21-18(8-9-18)15-4-3-5-16(19)11-15;1-2/h3-5,10-11,17,21-22H,1,6-9,12H2,2H3;1-2H3/b14-10+;/t17-;/m0./s1. The Labute approximate surface area is 154 Å². The first-order valence-electron chi connectivity index (χ1n) is 8.62. The highest BCUT2D eigenvalue weighted by Gasteiger charge is 2.43. The molecule has 134 valence electrons. The lowest BCUT2D eigenvalue weighted by Crippen LogP contribution is -2.35. The van der Waals surface area contributed by atoms with Gasteiger partial charge < -0.3 is 10.4 Å². The number of hydrogen-bond donors (Lipinski definition) is 2. The molecule has 0 aliphatic heterocycles. The predicted octanol–water partition coefficient (Wildman–Crippen LogP) is 5.62. The van der Waals surface area contributed by atoms with Gasteiger partial charge in [-0.2, -0.15) is 0 Å². The van der Waals surface area contributed by atoms with Crippen LogP contribution >= 0.6 is 15.9 Å². The van der Waals surface area contributed by atoms with Crippen LogP contribution in [0.15, 0.2) is 52.8 Å². The number of aliphatic hydroxyl groups is 1. The molecule has 0 spiro atoms. The SMILES string of the molecule is C=C(/C=C(\C)F)CC[C@H](O)CNC1(c2cccc(Br)c2)CC1.CC. The molecule has 1 fully saturated rings. The first-order valence-corrected chi connectivity index (χ1v) is 9.41. The zero-order valence-corrected chi connectivity index (χ0v) is 16.5. The minimum atomic E-state index is -0.449. The maximum atomic E-state index is 12.7. The fraction of sp³-hybridized carbons (Fsp3) is 0.500. The van der Waals surface area contributed by atoms with E-state index >= 15 is 0 Å². The average molecular weight is 398 g/mol. The lowest BCUT2D eigenvalue weighted by molar-refractivity contribution is 0.156. The van der Waals surface area contributed by atoms with Crippen molar-refractivity contribution in [2.75, 3.05) is 6.54 Å². The van der Waals surface area contributed by atoms with Crippen LogP contribution in [0.3, 0.4) is 0 Å². The van der Waals surface area contributed by atoms with E-state index in [-0.39, 0.29) is 11.4 Å². The molecule has 2 rings (SSSR count). The molecule has 0 heterocycles. The minimum absolute atomic E-state index is 0.0111. The fourth-order valence-electron chi connectivity index (χ4n) is 2.60. The van der Waals surface area contributed by atoms with Crippen LogP contribution in [0.25, 0.3) is 0 Å². The molecule has 0 unspecified atom stereocenters. The zero-order chi connectivity index (χ0) is 18.2. The fourth-order valence-corrected chi connectivity index (χ4v) is 3.00. The van der Waals surface area contributed by atoms with Gasteiger partial charge in [0.15, 0.2) is 0 Å². The highest BCUT2D eigenvalue weighted by molar-refractivity contribution is 9.10. The minimum Gasteiger partial charge on any atom is -0.392 e. The summed E-state index contributed by atoms with van der Waals surface area (Å²) in [4.78, 5) is 0. The molecule has 4 heteroatoms. The van der Waals surface area contributed by atoms with E-state index < -0.39 is 6.10 Å². The van der Waals surface area contributed by atoms with E-state index in [9.17, 15) is 9.50 Å². The van der Waals surface area contributed by atoms with Gasteiger partial charge >= 0.3 is 0 Å². The summed E-state index contributed by atoms with van der Waals surface area (Å²) in [6, 6.07) is 8.30. The number of hydrogen-bond acceptors (Lipinski definition) is 2. The molecule has 0 radical (unpaired) electrons. The van der Waals surface area contributed by atoms with E-state index in [2.05, 4.69) is 40.0 Å². The summed E-state index contributed by atoms with van der Waals surface area (Å²) in [5, 5.41) is 13.6. The molecule has 2 N–H and O–H groups in total. The van der Waals surface area contributed by atoms with Crippen molar-refractivity contribution in [3.05, 3.63) is 58.4 Å². The molecule has 24 heavy (non-hydrogen) atoms. The summed E-state index contributed by atoms with van der Waals surface area (Å²) < 4.78 is 13.8. The second-order valence-electron chi connectivity index (χ2n) is 6.06. The van der Waals surface area contributed by atoms with Gasteiger partial charge in [0.1, 0.15) is 0 Å². The highest BCUT2D eigenvalue weighted by Crippen LogP contribution is 2.45. The van der Waals surface area contributed by atoms with Gasteiger partial charge in [-0.15, -0.1) is 0 Å². The molecule has 2 nitrogen and oxygen atoms in total. The largest absolute Gasteiger partial charge is 0.392 e. The zero-order valence-electron chi connectivity index (χ0n) is 14.9. The lowest BCUT2D eigenvalue weighted by Gasteiger charge is -2.21. The van der Waals surface area contributed by atoms with Crippen molar-refractivity contribution in [1.29, 1.82) is 0 Å². The summed E-state index contributed by atoms with van der Waals surface area (Å²) in [6.07, 6.45) is 4.34. The van der Waals surface area contributed by atoms with Gasteiger partial charge in [0.2, 0.25) is 0 Å². The summed E-state index contributed by atoms with van der Waals surface area (Å²) in [5.41, 5.74) is 1.98. The topological polar surface area (TPSA) is 32.3 Å². The van der Waals surface area contributed by atoms with Crippen LogP contribution in [-0.2, 0) is 5.54 Å². The van der Waals surface area contributed by atoms with Crippen LogP contribution < -0.4 is 5.32 Å². The van der Waals surface area contributed by atoms with E-state index in [0.29, 0.717) is 25.0 Å². The van der Waals surface area contributed by atoms with E-state index in [4.69, 9.17) is 0 Å². The maximum absolute atomic E-state index is 12.7. The number of benzene rings is 1. The summed E-state index contributed by atoms with van der Waals surface area (Å²) in [6.45, 7) is 9.73. The first kappa shape index (κ1) is 21.1. The number of allylic oxidation sites excluding steroid dienone is 3. The molecule has 1 saturated carbocycles. The van der Waals surface area contributed by atoms with Crippen molar-refractivity contribution in [2.24, 2.45) is 0 Å². The van der Waals surface area contributed by atoms with Crippen molar-refractivity contribution >= 4 is 15.9 Å². The maximum Gasteiger partial charge on any atom is 0.0971 e. The lowest BCUT2D eigenvalue weighted by atomic mass is 10.0. The molecule has 0 bridgehead atoms. The van der Waals surface area contributed by atoms with Crippen LogP contribution in [0.2, 0.25) is 0 Å². The molecule has 0 aromatic heterocycles. The van der Waals surface area contributed by atoms with Gasteiger partial charge in [0, 0.05) is 16.6 Å². The Balaban J connectivity index is 0.00000139. The Morgan fingerprint density at radius 3 is 2.67 bits per heavy atom. The van der Waals surface area contributed by atoms with Gasteiger partial charge in [-0.3, -0.25) is 0 Å². The van der Waals surface area contributed by atoms with Gasteiger partial charge in [0.05, 0.1) is 11.9 Å². The van der Waals surface area contributed by atoms with Crippen molar-refractivity contribution in [1.82, 2.24) is 5.32 Å². The van der Waals surface area contributed by atoms with E-state index in [1.54, 1.807) is 0 Å². The third kappa shape index (κ3) is 6.88. The number of rotatable bonds is 8. The van der Waals surface area contributed by atoms with Crippen LogP contribution in [0.1, 0.15) is 52.0 Å². The highest BCUT2D eigenvalue weighted by atomic mass is 79.9. The predicted molar refractivity (Wildman–Crippen MR) is 104 cm³/mol. The molecule has 1 aromatic rings. The van der Waals surface area contributed by atoms with Crippen LogP contribution in [0, 0.1) is 0 Å². The van der Waals surface area contributed by atoms with Crippen LogP contribution in [0.5, 0.6) is 0 Å². The third-order valence-corrected chi connectivity index (χ3v) is 4.50. The Bertz CT molecular complexity index is 563. The van der Waals surface area contributed by atoms with E-state index in [1.807, 2.05) is 26.0 Å². The number of aliphatic hydroxyl groups excluding tert-OH is 1. The quantitative estimate of drug-likeness (QED) is 0.557. The average Bonchev–Trinajstić information content (AvgIpc) is 3.33. The van der Waals surface area contributed by atoms with Crippen molar-refractivity contribution < 1.29 is 9.50 Å². The normalized spacial score (nSPS) is 16.8. The first-order chi connectivity index (χ1) is 11.4. The second-order valence-corrected chi connectivity index (χ2v) is 6.97. The van der Waals surface area contributed by atoms with Crippen molar-refractivity contribution in [3.8, 4) is 0 Å². The summed E-state index contributed by atoms with van der Waals surface area (Å²) in [7, 11) is 0. The molecule has 1 atom stereocenters. The summed E-state index contributed by atoms with van der Waals surface area (Å²) >= 11 is 3.50. The molecule has 1 aromatic carbocycles. The summed E-state index contributed by atoms with van der Waals surface area (Å²) in [5.74, 6) is -0.246. The molecule has 1 aliphatic carbocycles. The third-order valence-electron chi connectivity index (χ3n) is 4.00. The Morgan fingerprint density at radius 2 is 2.12 bits per heavy atom. The molecular formula is C20H29BrFNO. The Kier molecular flexibility index (Phi) is 8.88. The second kappa shape index (κ2) is 10.1.